The van der Waals surface area contributed by atoms with Gasteiger partial charge in [-0.05, 0) is 51.6 Å². The van der Waals surface area contributed by atoms with Crippen LogP contribution >= 0.6 is 27.3 Å². The van der Waals surface area contributed by atoms with Gasteiger partial charge < -0.3 is 15.4 Å². The largest absolute Gasteiger partial charge is 0.457 e. The maximum atomic E-state index is 14.0. The van der Waals surface area contributed by atoms with Gasteiger partial charge in [0.25, 0.3) is 11.6 Å². The van der Waals surface area contributed by atoms with E-state index in [1.807, 2.05) is 0 Å². The van der Waals surface area contributed by atoms with Crippen molar-refractivity contribution >= 4 is 50.4 Å². The highest BCUT2D eigenvalue weighted by Crippen LogP contribution is 2.47. The van der Waals surface area contributed by atoms with Gasteiger partial charge in [0.05, 0.1) is 27.2 Å². The fourth-order valence-corrected chi connectivity index (χ4v) is 5.41. The summed E-state index contributed by atoms with van der Waals surface area (Å²) in [5, 5.41) is 22.6. The fraction of sp³-hybridized carbons (Fsp3) is 0.167. The highest BCUT2D eigenvalue weighted by molar-refractivity contribution is 9.10. The van der Waals surface area contributed by atoms with Crippen molar-refractivity contribution in [2.75, 3.05) is 10.6 Å². The van der Waals surface area contributed by atoms with Gasteiger partial charge in [-0.25, -0.2) is 9.07 Å². The van der Waals surface area contributed by atoms with Crippen molar-refractivity contribution in [1.82, 2.24) is 9.78 Å². The Morgan fingerprint density at radius 3 is 2.59 bits per heavy atom. The number of benzene rings is 2. The van der Waals surface area contributed by atoms with Gasteiger partial charge in [-0.3, -0.25) is 14.9 Å². The number of alkyl halides is 3. The molecule has 0 aliphatic carbocycles. The summed E-state index contributed by atoms with van der Waals surface area (Å²) in [6, 6.07) is 9.14. The maximum Gasteiger partial charge on any atom is 0.410 e. The average Bonchev–Trinajstić information content (AvgIpc) is 3.53. The van der Waals surface area contributed by atoms with Crippen LogP contribution in [0, 0.1) is 15.9 Å². The molecule has 202 valence electrons. The monoisotopic (exact) mass is 625 g/mol. The minimum atomic E-state index is -4.64. The number of carbonyl (C=O) groups is 1. The van der Waals surface area contributed by atoms with Crippen LogP contribution in [-0.2, 0) is 0 Å². The Morgan fingerprint density at radius 1 is 1.21 bits per heavy atom. The Balaban J connectivity index is 1.45. The van der Waals surface area contributed by atoms with Crippen LogP contribution in [0.25, 0.3) is 0 Å². The van der Waals surface area contributed by atoms with Crippen LogP contribution in [0.4, 0.5) is 34.8 Å². The summed E-state index contributed by atoms with van der Waals surface area (Å²) in [6.45, 7) is 0. The number of ether oxygens (including phenoxy) is 1. The number of amides is 1. The Kier molecular flexibility index (Phi) is 7.03. The number of hydrogen-bond donors (Lipinski definition) is 2. The normalized spacial score (nSPS) is 16.7. The van der Waals surface area contributed by atoms with Gasteiger partial charge in [0.2, 0.25) is 0 Å². The number of halogens is 5. The number of non-ortho nitro benzene ring substituents is 1. The fourth-order valence-electron chi connectivity index (χ4n) is 4.06. The molecule has 0 bridgehead atoms. The van der Waals surface area contributed by atoms with Crippen LogP contribution in [0.1, 0.15) is 33.9 Å². The molecule has 0 unspecified atom stereocenters. The SMILES string of the molecule is O=C(Nc1cc(Oc2ccc(F)cc2)cc([N+](=O)[O-])c1)c1nn2c(c1Br)N[C@H](c1cccs1)C[C@H]2C(F)(F)F. The van der Waals surface area contributed by atoms with Crippen LogP contribution in [0.15, 0.2) is 64.5 Å². The summed E-state index contributed by atoms with van der Waals surface area (Å²) in [5.41, 5.74) is -0.849. The summed E-state index contributed by atoms with van der Waals surface area (Å²) < 4.78 is 61.4. The van der Waals surface area contributed by atoms with Gasteiger partial charge >= 0.3 is 6.18 Å². The number of carbonyl (C=O) groups excluding carboxylic acids is 1. The van der Waals surface area contributed by atoms with Crippen LogP contribution < -0.4 is 15.4 Å². The molecule has 2 aromatic carbocycles. The molecule has 1 aliphatic rings. The van der Waals surface area contributed by atoms with E-state index in [1.165, 1.54) is 29.5 Å². The standard InChI is InChI=1S/C24H16BrF4N5O4S/c25-20-21(32-33-19(24(27,28)29)11-17(31-22(20)33)18-2-1-7-39-18)23(35)30-13-8-14(34(36)37)10-16(9-13)38-15-5-3-12(26)4-6-15/h1-10,17,19,31H,11H2,(H,30,35)/t17-,19-/m0/s1. The molecule has 4 aromatic rings. The Labute approximate surface area is 229 Å². The second-order valence-electron chi connectivity index (χ2n) is 8.44. The lowest BCUT2D eigenvalue weighted by molar-refractivity contribution is -0.384. The molecule has 0 radical (unpaired) electrons. The molecule has 9 nitrogen and oxygen atoms in total. The van der Waals surface area contributed by atoms with Crippen molar-refractivity contribution in [3.63, 3.8) is 0 Å². The number of rotatable bonds is 6. The topological polar surface area (TPSA) is 111 Å². The first-order chi connectivity index (χ1) is 18.5. The van der Waals surface area contributed by atoms with E-state index in [-0.39, 0.29) is 39.6 Å². The first-order valence-electron chi connectivity index (χ1n) is 11.2. The predicted octanol–water partition coefficient (Wildman–Crippen LogP) is 7.46. The van der Waals surface area contributed by atoms with Crippen LogP contribution in [0.5, 0.6) is 11.5 Å². The van der Waals surface area contributed by atoms with E-state index in [9.17, 15) is 32.5 Å². The third kappa shape index (κ3) is 5.59. The van der Waals surface area contributed by atoms with Gasteiger partial charge in [-0.1, -0.05) is 6.07 Å². The summed E-state index contributed by atoms with van der Waals surface area (Å²) in [4.78, 5) is 24.6. The molecule has 2 aromatic heterocycles. The van der Waals surface area contributed by atoms with E-state index < -0.39 is 40.6 Å². The second-order valence-corrected chi connectivity index (χ2v) is 10.2. The van der Waals surface area contributed by atoms with Crippen molar-refractivity contribution in [3.8, 4) is 11.5 Å². The van der Waals surface area contributed by atoms with Gasteiger partial charge in [0, 0.05) is 23.4 Å². The van der Waals surface area contributed by atoms with Gasteiger partial charge in [0.1, 0.15) is 23.1 Å². The zero-order valence-electron chi connectivity index (χ0n) is 19.4. The van der Waals surface area contributed by atoms with E-state index in [0.29, 0.717) is 4.88 Å². The molecule has 1 amide bonds. The molecule has 15 heteroatoms. The average molecular weight is 626 g/mol. The molecular formula is C24H16BrF4N5O4S. The Morgan fingerprint density at radius 2 is 1.95 bits per heavy atom. The highest BCUT2D eigenvalue weighted by atomic mass is 79.9. The molecule has 0 saturated heterocycles. The third-order valence-corrected chi connectivity index (χ3v) is 7.54. The molecule has 2 atom stereocenters. The van der Waals surface area contributed by atoms with Crippen LogP contribution in [0.2, 0.25) is 0 Å². The summed E-state index contributed by atoms with van der Waals surface area (Å²) in [5.74, 6) is -1.29. The zero-order chi connectivity index (χ0) is 27.9. The van der Waals surface area contributed by atoms with Crippen LogP contribution in [0.3, 0.4) is 0 Å². The lowest BCUT2D eigenvalue weighted by atomic mass is 10.0. The van der Waals surface area contributed by atoms with Crippen molar-refractivity contribution in [2.45, 2.75) is 24.7 Å². The minimum Gasteiger partial charge on any atom is -0.457 e. The predicted molar refractivity (Wildman–Crippen MR) is 138 cm³/mol. The van der Waals surface area contributed by atoms with Crippen LogP contribution in [-0.4, -0.2) is 26.8 Å². The Bertz CT molecular complexity index is 1540. The third-order valence-electron chi connectivity index (χ3n) is 5.81. The number of aromatic nitrogens is 2. The number of anilines is 2. The molecule has 3 heterocycles. The number of nitro groups is 1. The van der Waals surface area contributed by atoms with Crippen molar-refractivity contribution in [2.24, 2.45) is 0 Å². The summed E-state index contributed by atoms with van der Waals surface area (Å²) in [6.07, 6.45) is -4.97. The molecule has 0 fully saturated rings. The first kappa shape index (κ1) is 26.6. The van der Waals surface area contributed by atoms with E-state index in [0.717, 1.165) is 28.9 Å². The molecule has 39 heavy (non-hydrogen) atoms. The quantitative estimate of drug-likeness (QED) is 0.131. The lowest BCUT2D eigenvalue weighted by Gasteiger charge is -2.33. The first-order valence-corrected chi connectivity index (χ1v) is 12.9. The molecular weight excluding hydrogens is 610 g/mol. The Hall–Kier alpha value is -3.98. The minimum absolute atomic E-state index is 0.00345. The molecule has 5 rings (SSSR count). The van der Waals surface area contributed by atoms with E-state index >= 15 is 0 Å². The number of thiophene rings is 1. The molecule has 1 aliphatic heterocycles. The highest BCUT2D eigenvalue weighted by Gasteiger charge is 2.48. The molecule has 0 spiro atoms. The maximum absolute atomic E-state index is 14.0. The smallest absolute Gasteiger partial charge is 0.410 e. The molecule has 2 N–H and O–H groups in total. The number of nitro benzene ring substituents is 1. The number of nitrogens with one attached hydrogen (secondary N) is 2. The van der Waals surface area contributed by atoms with Gasteiger partial charge in [-0.15, -0.1) is 11.3 Å². The van der Waals surface area contributed by atoms with E-state index in [2.05, 4.69) is 31.7 Å². The lowest BCUT2D eigenvalue weighted by Crippen LogP contribution is -2.35. The van der Waals surface area contributed by atoms with Gasteiger partial charge in [0.15, 0.2) is 11.7 Å². The number of fused-ring (bicyclic) bond motifs is 1. The summed E-state index contributed by atoms with van der Waals surface area (Å²) >= 11 is 4.51. The van der Waals surface area contributed by atoms with Crippen molar-refractivity contribution in [1.29, 1.82) is 0 Å². The number of hydrogen-bond acceptors (Lipinski definition) is 7. The van der Waals surface area contributed by atoms with Crippen molar-refractivity contribution < 1.29 is 32.0 Å². The van der Waals surface area contributed by atoms with Crippen molar-refractivity contribution in [3.05, 3.63) is 91.0 Å². The number of nitrogens with zero attached hydrogens (tertiary/aromatic N) is 3. The zero-order valence-corrected chi connectivity index (χ0v) is 21.8. The molecule has 0 saturated carbocycles. The second kappa shape index (κ2) is 10.3. The van der Waals surface area contributed by atoms with E-state index in [4.69, 9.17) is 4.74 Å². The summed E-state index contributed by atoms with van der Waals surface area (Å²) in [7, 11) is 0. The van der Waals surface area contributed by atoms with E-state index in [1.54, 1.807) is 17.5 Å². The van der Waals surface area contributed by atoms with Gasteiger partial charge in [-0.2, -0.15) is 18.3 Å².